The summed E-state index contributed by atoms with van der Waals surface area (Å²) >= 11 is 0. The van der Waals surface area contributed by atoms with Gasteiger partial charge in [0.05, 0.1) is 0 Å². The first-order chi connectivity index (χ1) is 12.5. The van der Waals surface area contributed by atoms with Gasteiger partial charge in [0.15, 0.2) is 6.29 Å². The van der Waals surface area contributed by atoms with Crippen molar-refractivity contribution in [1.82, 2.24) is 0 Å². The Morgan fingerprint density at radius 1 is 0.885 bits per heavy atom. The van der Waals surface area contributed by atoms with Crippen LogP contribution in [-0.2, 0) is 19.0 Å². The first kappa shape index (κ1) is 23.3. The van der Waals surface area contributed by atoms with Crippen molar-refractivity contribution in [2.45, 2.75) is 102 Å². The van der Waals surface area contributed by atoms with E-state index in [0.29, 0.717) is 6.42 Å². The van der Waals surface area contributed by atoms with Gasteiger partial charge in [-0.1, -0.05) is 58.3 Å². The quantitative estimate of drug-likeness (QED) is 0.333. The molecule has 1 heterocycles. The fraction of sp³-hybridized carbons (Fsp3) is 0.947. The van der Waals surface area contributed by atoms with Gasteiger partial charge in [0, 0.05) is 13.5 Å². The van der Waals surface area contributed by atoms with Crippen LogP contribution in [0.2, 0.25) is 0 Å². The van der Waals surface area contributed by atoms with Crippen LogP contribution in [0.5, 0.6) is 0 Å². The van der Waals surface area contributed by atoms with E-state index in [2.05, 4.69) is 6.92 Å². The predicted octanol–water partition coefficient (Wildman–Crippen LogP) is 1.90. The molecule has 0 spiro atoms. The number of rotatable bonds is 13. The van der Waals surface area contributed by atoms with Crippen LogP contribution in [0.25, 0.3) is 0 Å². The number of aliphatic hydroxyl groups is 3. The van der Waals surface area contributed by atoms with Crippen molar-refractivity contribution in [2.24, 2.45) is 0 Å². The third-order valence-corrected chi connectivity index (χ3v) is 4.79. The van der Waals surface area contributed by atoms with Crippen LogP contribution in [0.3, 0.4) is 0 Å². The number of ether oxygens (including phenoxy) is 3. The first-order valence-electron chi connectivity index (χ1n) is 9.89. The summed E-state index contributed by atoms with van der Waals surface area (Å²) in [6, 6.07) is 0. The Labute approximate surface area is 156 Å². The standard InChI is InChI=1S/C19H36O7/c1-3-4-5-6-7-8-9-10-11-12-15(20)25-13-14-16(21)17(22)18(23)19(24-2)26-14/h14,16-19,21-23H,3-13H2,1-2H3/t14-,16-,17+,18?,19?/m1/s1. The summed E-state index contributed by atoms with van der Waals surface area (Å²) in [5.74, 6) is -0.349. The zero-order chi connectivity index (χ0) is 19.4. The van der Waals surface area contributed by atoms with Gasteiger partial charge in [-0.3, -0.25) is 4.79 Å². The molecule has 3 N–H and O–H groups in total. The molecule has 5 atom stereocenters. The molecule has 0 radical (unpaired) electrons. The van der Waals surface area contributed by atoms with E-state index in [-0.39, 0.29) is 12.6 Å². The molecule has 0 saturated carbocycles. The van der Waals surface area contributed by atoms with Gasteiger partial charge in [0.1, 0.15) is 31.0 Å². The van der Waals surface area contributed by atoms with Crippen LogP contribution in [0.15, 0.2) is 0 Å². The fourth-order valence-electron chi connectivity index (χ4n) is 3.08. The number of esters is 1. The molecule has 1 rings (SSSR count). The highest BCUT2D eigenvalue weighted by Gasteiger charge is 2.44. The van der Waals surface area contributed by atoms with Crippen LogP contribution >= 0.6 is 0 Å². The van der Waals surface area contributed by atoms with Crippen molar-refractivity contribution >= 4 is 5.97 Å². The lowest BCUT2D eigenvalue weighted by Gasteiger charge is -2.39. The Balaban J connectivity index is 2.10. The Hall–Kier alpha value is -0.730. The van der Waals surface area contributed by atoms with E-state index in [1.807, 2.05) is 0 Å². The second-order valence-electron chi connectivity index (χ2n) is 7.01. The minimum absolute atomic E-state index is 0.179. The fourth-order valence-corrected chi connectivity index (χ4v) is 3.08. The minimum atomic E-state index is -1.41. The number of carbonyl (C=O) groups excluding carboxylic acids is 1. The van der Waals surface area contributed by atoms with E-state index in [4.69, 9.17) is 14.2 Å². The molecule has 1 fully saturated rings. The molecule has 154 valence electrons. The summed E-state index contributed by atoms with van der Waals surface area (Å²) in [5, 5.41) is 29.4. The lowest BCUT2D eigenvalue weighted by molar-refractivity contribution is -0.295. The zero-order valence-electron chi connectivity index (χ0n) is 16.1. The normalized spacial score (nSPS) is 28.9. The largest absolute Gasteiger partial charge is 0.463 e. The molecule has 0 aliphatic carbocycles. The highest BCUT2D eigenvalue weighted by Crippen LogP contribution is 2.22. The lowest BCUT2D eigenvalue weighted by Crippen LogP contribution is -2.59. The minimum Gasteiger partial charge on any atom is -0.463 e. The molecular weight excluding hydrogens is 340 g/mol. The molecule has 7 nitrogen and oxygen atoms in total. The number of aliphatic hydroxyl groups excluding tert-OH is 3. The maximum atomic E-state index is 11.8. The molecule has 2 unspecified atom stereocenters. The molecule has 1 aliphatic rings. The topological polar surface area (TPSA) is 105 Å². The maximum Gasteiger partial charge on any atom is 0.305 e. The van der Waals surface area contributed by atoms with Crippen molar-refractivity contribution < 1.29 is 34.3 Å². The molecular formula is C19H36O7. The number of unbranched alkanes of at least 4 members (excludes halogenated alkanes) is 8. The molecule has 1 aliphatic heterocycles. The Bertz CT molecular complexity index is 375. The van der Waals surface area contributed by atoms with Gasteiger partial charge >= 0.3 is 5.97 Å². The van der Waals surface area contributed by atoms with Gasteiger partial charge in [-0.2, -0.15) is 0 Å². The number of methoxy groups -OCH3 is 1. The number of hydrogen-bond acceptors (Lipinski definition) is 7. The van der Waals surface area contributed by atoms with Crippen LogP contribution in [0, 0.1) is 0 Å². The predicted molar refractivity (Wildman–Crippen MR) is 96.5 cm³/mol. The number of hydrogen-bond donors (Lipinski definition) is 3. The monoisotopic (exact) mass is 376 g/mol. The van der Waals surface area contributed by atoms with Crippen molar-refractivity contribution in [3.05, 3.63) is 0 Å². The molecule has 26 heavy (non-hydrogen) atoms. The van der Waals surface area contributed by atoms with Crippen LogP contribution in [0.1, 0.15) is 71.1 Å². The highest BCUT2D eigenvalue weighted by molar-refractivity contribution is 5.69. The van der Waals surface area contributed by atoms with Crippen molar-refractivity contribution in [3.63, 3.8) is 0 Å². The van der Waals surface area contributed by atoms with E-state index in [9.17, 15) is 20.1 Å². The van der Waals surface area contributed by atoms with E-state index in [1.165, 1.54) is 45.6 Å². The third kappa shape index (κ3) is 8.31. The highest BCUT2D eigenvalue weighted by atomic mass is 16.7. The first-order valence-corrected chi connectivity index (χ1v) is 9.89. The summed E-state index contributed by atoms with van der Waals surface area (Å²) in [5.41, 5.74) is 0. The van der Waals surface area contributed by atoms with Crippen LogP contribution < -0.4 is 0 Å². The SMILES string of the molecule is CCCCCCCCCCCC(=O)OC[C@H]1OC(OC)C(O)[C@@H](O)[C@@H]1O. The molecule has 0 aromatic heterocycles. The summed E-state index contributed by atoms with van der Waals surface area (Å²) in [7, 11) is 1.32. The summed E-state index contributed by atoms with van der Waals surface area (Å²) in [6.45, 7) is 2.03. The maximum absolute atomic E-state index is 11.8. The van der Waals surface area contributed by atoms with Crippen molar-refractivity contribution in [3.8, 4) is 0 Å². The van der Waals surface area contributed by atoms with E-state index < -0.39 is 30.7 Å². The molecule has 0 aromatic carbocycles. The second-order valence-corrected chi connectivity index (χ2v) is 7.01. The molecule has 7 heteroatoms. The summed E-state index contributed by atoms with van der Waals surface area (Å²) < 4.78 is 15.4. The summed E-state index contributed by atoms with van der Waals surface area (Å²) in [6.07, 6.45) is 4.82. The van der Waals surface area contributed by atoms with Gasteiger partial charge in [-0.15, -0.1) is 0 Å². The van der Waals surface area contributed by atoms with E-state index >= 15 is 0 Å². The van der Waals surface area contributed by atoms with E-state index in [1.54, 1.807) is 0 Å². The molecule has 0 bridgehead atoms. The average Bonchev–Trinajstić information content (AvgIpc) is 2.64. The summed E-state index contributed by atoms with van der Waals surface area (Å²) in [4.78, 5) is 11.8. The van der Waals surface area contributed by atoms with Gasteiger partial charge < -0.3 is 29.5 Å². The zero-order valence-corrected chi connectivity index (χ0v) is 16.1. The molecule has 1 saturated heterocycles. The van der Waals surface area contributed by atoms with Crippen LogP contribution in [0.4, 0.5) is 0 Å². The lowest BCUT2D eigenvalue weighted by atomic mass is 9.99. The molecule has 0 aromatic rings. The van der Waals surface area contributed by atoms with E-state index in [0.717, 1.165) is 19.3 Å². The average molecular weight is 376 g/mol. The third-order valence-electron chi connectivity index (χ3n) is 4.79. The van der Waals surface area contributed by atoms with Gasteiger partial charge in [0.2, 0.25) is 0 Å². The second kappa shape index (κ2) is 13.4. The number of carbonyl (C=O) groups is 1. The molecule has 0 amide bonds. The Morgan fingerprint density at radius 3 is 2.04 bits per heavy atom. The smallest absolute Gasteiger partial charge is 0.305 e. The Morgan fingerprint density at radius 2 is 1.46 bits per heavy atom. The van der Waals surface area contributed by atoms with Crippen molar-refractivity contribution in [1.29, 1.82) is 0 Å². The Kier molecular flexibility index (Phi) is 12.0. The van der Waals surface area contributed by atoms with Gasteiger partial charge in [0.25, 0.3) is 0 Å². The van der Waals surface area contributed by atoms with Gasteiger partial charge in [-0.25, -0.2) is 0 Å². The van der Waals surface area contributed by atoms with Gasteiger partial charge in [-0.05, 0) is 6.42 Å². The van der Waals surface area contributed by atoms with Crippen LogP contribution in [-0.4, -0.2) is 65.7 Å². The van der Waals surface area contributed by atoms with Crippen molar-refractivity contribution in [2.75, 3.05) is 13.7 Å².